The van der Waals surface area contributed by atoms with Gasteiger partial charge in [-0.2, -0.15) is 4.52 Å². The van der Waals surface area contributed by atoms with E-state index in [4.69, 9.17) is 9.47 Å². The average molecular weight is 393 g/mol. The van der Waals surface area contributed by atoms with Crippen LogP contribution in [0.15, 0.2) is 54.6 Å². The third kappa shape index (κ3) is 3.69. The van der Waals surface area contributed by atoms with Gasteiger partial charge in [0, 0.05) is 5.56 Å². The maximum Gasteiger partial charge on any atom is 0.178 e. The molecule has 0 fully saturated rings. The molecule has 29 heavy (non-hydrogen) atoms. The van der Waals surface area contributed by atoms with Gasteiger partial charge in [0.15, 0.2) is 11.5 Å². The summed E-state index contributed by atoms with van der Waals surface area (Å²) in [5.74, 6) is 2.16. The van der Waals surface area contributed by atoms with Gasteiger partial charge in [-0.1, -0.05) is 12.1 Å². The predicted octanol–water partition coefficient (Wildman–Crippen LogP) is 3.79. The summed E-state index contributed by atoms with van der Waals surface area (Å²) in [6.45, 7) is 1.83. The number of fused-ring (bicyclic) bond motifs is 1. The van der Waals surface area contributed by atoms with E-state index in [0.717, 1.165) is 5.56 Å². The number of nitrogens with one attached hydrogen (secondary N) is 1. The highest BCUT2D eigenvalue weighted by molar-refractivity contribution is 5.52. The van der Waals surface area contributed by atoms with Crippen LogP contribution in [0.5, 0.6) is 11.5 Å². The summed E-state index contributed by atoms with van der Waals surface area (Å²) in [5.41, 5.74) is 2.16. The van der Waals surface area contributed by atoms with Crippen molar-refractivity contribution in [2.45, 2.75) is 13.0 Å². The molecular formula is C21H20FN5O2. The second-order valence-electron chi connectivity index (χ2n) is 6.48. The Hall–Kier alpha value is -3.68. The van der Waals surface area contributed by atoms with Crippen molar-refractivity contribution >= 4 is 11.5 Å². The third-order valence-corrected chi connectivity index (χ3v) is 4.64. The van der Waals surface area contributed by atoms with Crippen LogP contribution in [0.4, 0.5) is 10.2 Å². The number of anilines is 1. The maximum absolute atomic E-state index is 14.1. The normalized spacial score (nSPS) is 12.0. The van der Waals surface area contributed by atoms with Crippen molar-refractivity contribution in [2.75, 3.05) is 19.5 Å². The molecule has 0 spiro atoms. The van der Waals surface area contributed by atoms with Crippen LogP contribution in [-0.2, 0) is 0 Å². The Morgan fingerprint density at radius 3 is 2.66 bits per heavy atom. The van der Waals surface area contributed by atoms with E-state index in [1.54, 1.807) is 24.8 Å². The molecule has 0 aliphatic heterocycles. The van der Waals surface area contributed by atoms with E-state index in [0.29, 0.717) is 34.4 Å². The van der Waals surface area contributed by atoms with E-state index in [-0.39, 0.29) is 5.82 Å². The van der Waals surface area contributed by atoms with E-state index in [2.05, 4.69) is 20.6 Å². The van der Waals surface area contributed by atoms with Gasteiger partial charge in [-0.25, -0.2) is 4.39 Å². The average Bonchev–Trinajstić information content (AvgIpc) is 3.12. The molecule has 7 nitrogen and oxygen atoms in total. The van der Waals surface area contributed by atoms with Gasteiger partial charge >= 0.3 is 0 Å². The van der Waals surface area contributed by atoms with Crippen molar-refractivity contribution < 1.29 is 13.9 Å². The van der Waals surface area contributed by atoms with Crippen LogP contribution in [0.25, 0.3) is 5.65 Å². The molecule has 0 amide bonds. The van der Waals surface area contributed by atoms with E-state index in [1.807, 2.05) is 43.3 Å². The van der Waals surface area contributed by atoms with Gasteiger partial charge in [-0.3, -0.25) is 0 Å². The van der Waals surface area contributed by atoms with Crippen molar-refractivity contribution in [1.82, 2.24) is 19.8 Å². The molecule has 0 aliphatic rings. The molecule has 2 aromatic heterocycles. The lowest BCUT2D eigenvalue weighted by Crippen LogP contribution is -2.16. The summed E-state index contributed by atoms with van der Waals surface area (Å²) in [6.07, 6.45) is 0. The third-order valence-electron chi connectivity index (χ3n) is 4.64. The van der Waals surface area contributed by atoms with Crippen molar-refractivity contribution in [3.63, 3.8) is 0 Å². The number of aromatic nitrogens is 4. The number of aryl methyl sites for hydroxylation is 1. The minimum Gasteiger partial charge on any atom is -0.497 e. The largest absolute Gasteiger partial charge is 0.497 e. The van der Waals surface area contributed by atoms with Crippen molar-refractivity contribution in [3.05, 3.63) is 77.4 Å². The number of ether oxygens (including phenoxy) is 2. The number of nitrogens with zero attached hydrogens (tertiary/aromatic N) is 4. The molecule has 1 unspecified atom stereocenters. The number of hydrogen-bond acceptors (Lipinski definition) is 6. The van der Waals surface area contributed by atoms with Gasteiger partial charge < -0.3 is 14.8 Å². The summed E-state index contributed by atoms with van der Waals surface area (Å²) in [5, 5.41) is 16.0. The van der Waals surface area contributed by atoms with Crippen LogP contribution >= 0.6 is 0 Å². The Morgan fingerprint density at radius 2 is 1.86 bits per heavy atom. The molecule has 0 radical (unpaired) electrons. The quantitative estimate of drug-likeness (QED) is 0.537. The van der Waals surface area contributed by atoms with Crippen molar-refractivity contribution in [2.24, 2.45) is 0 Å². The first-order valence-corrected chi connectivity index (χ1v) is 9.02. The molecular weight excluding hydrogens is 373 g/mol. The van der Waals surface area contributed by atoms with Crippen molar-refractivity contribution in [3.8, 4) is 11.5 Å². The number of rotatable bonds is 6. The molecule has 2 heterocycles. The van der Waals surface area contributed by atoms with Crippen LogP contribution in [0, 0.1) is 12.7 Å². The molecule has 0 saturated carbocycles. The first kappa shape index (κ1) is 18.7. The van der Waals surface area contributed by atoms with E-state index < -0.39 is 6.04 Å². The predicted molar refractivity (Wildman–Crippen MR) is 107 cm³/mol. The summed E-state index contributed by atoms with van der Waals surface area (Å²) in [6, 6.07) is 15.2. The minimum atomic E-state index is -0.433. The Morgan fingerprint density at radius 1 is 1.00 bits per heavy atom. The van der Waals surface area contributed by atoms with Crippen LogP contribution in [-0.4, -0.2) is 34.0 Å². The summed E-state index contributed by atoms with van der Waals surface area (Å²) in [4.78, 5) is 0. The fraction of sp³-hybridized carbons (Fsp3) is 0.190. The minimum absolute atomic E-state index is 0.353. The monoisotopic (exact) mass is 393 g/mol. The number of halogens is 1. The van der Waals surface area contributed by atoms with Gasteiger partial charge in [-0.05, 0) is 55.0 Å². The zero-order chi connectivity index (χ0) is 20.4. The SMILES string of the molecule is COc1cccc(C(Nc2ccc3nnc(C)n3n2)c2cc(F)ccc2OC)c1. The fourth-order valence-corrected chi connectivity index (χ4v) is 3.21. The lowest BCUT2D eigenvalue weighted by Gasteiger charge is -2.23. The van der Waals surface area contributed by atoms with Crippen LogP contribution < -0.4 is 14.8 Å². The Bertz CT molecular complexity index is 1160. The van der Waals surface area contributed by atoms with Crippen LogP contribution in [0.2, 0.25) is 0 Å². The van der Waals surface area contributed by atoms with Gasteiger partial charge in [0.25, 0.3) is 0 Å². The smallest absolute Gasteiger partial charge is 0.178 e. The lowest BCUT2D eigenvalue weighted by molar-refractivity contribution is 0.406. The summed E-state index contributed by atoms with van der Waals surface area (Å²) < 4.78 is 26.6. The highest BCUT2D eigenvalue weighted by Crippen LogP contribution is 2.34. The highest BCUT2D eigenvalue weighted by Gasteiger charge is 2.21. The molecule has 8 heteroatoms. The summed E-state index contributed by atoms with van der Waals surface area (Å²) >= 11 is 0. The number of methoxy groups -OCH3 is 2. The topological polar surface area (TPSA) is 73.6 Å². The molecule has 2 aromatic carbocycles. The van der Waals surface area contributed by atoms with E-state index in [9.17, 15) is 4.39 Å². The first-order valence-electron chi connectivity index (χ1n) is 9.02. The molecule has 1 N–H and O–H groups in total. The maximum atomic E-state index is 14.1. The second kappa shape index (κ2) is 7.75. The zero-order valence-electron chi connectivity index (χ0n) is 16.3. The van der Waals surface area contributed by atoms with Gasteiger partial charge in [0.1, 0.15) is 23.1 Å². The molecule has 0 aliphatic carbocycles. The standard InChI is InChI=1S/C21H20FN5O2/c1-13-24-25-20-10-9-19(26-27(13)20)23-21(14-5-4-6-16(11-14)28-2)17-12-15(22)7-8-18(17)29-3/h4-12,21H,1-3H3,(H,23,26). The molecule has 4 rings (SSSR count). The molecule has 0 saturated heterocycles. The van der Waals surface area contributed by atoms with Crippen LogP contribution in [0.3, 0.4) is 0 Å². The Balaban J connectivity index is 1.83. The number of benzene rings is 2. The lowest BCUT2D eigenvalue weighted by atomic mass is 9.97. The van der Waals surface area contributed by atoms with Gasteiger partial charge in [0.2, 0.25) is 0 Å². The zero-order valence-corrected chi connectivity index (χ0v) is 16.3. The molecule has 1 atom stereocenters. The first-order chi connectivity index (χ1) is 14.1. The number of hydrogen-bond donors (Lipinski definition) is 1. The fourth-order valence-electron chi connectivity index (χ4n) is 3.21. The molecule has 4 aromatic rings. The van der Waals surface area contributed by atoms with E-state index in [1.165, 1.54) is 12.1 Å². The Labute approximate surface area is 167 Å². The Kier molecular flexibility index (Phi) is 4.99. The summed E-state index contributed by atoms with van der Waals surface area (Å²) in [7, 11) is 3.17. The van der Waals surface area contributed by atoms with Crippen molar-refractivity contribution in [1.29, 1.82) is 0 Å². The van der Waals surface area contributed by atoms with Gasteiger partial charge in [0.05, 0.1) is 20.3 Å². The van der Waals surface area contributed by atoms with Gasteiger partial charge in [-0.15, -0.1) is 15.3 Å². The van der Waals surface area contributed by atoms with E-state index >= 15 is 0 Å². The molecule has 0 bridgehead atoms. The molecule has 148 valence electrons. The second-order valence-corrected chi connectivity index (χ2v) is 6.48. The van der Waals surface area contributed by atoms with Crippen LogP contribution in [0.1, 0.15) is 23.0 Å². The highest BCUT2D eigenvalue weighted by atomic mass is 19.1.